The lowest BCUT2D eigenvalue weighted by Crippen LogP contribution is -2.20. The van der Waals surface area contributed by atoms with E-state index in [9.17, 15) is 9.59 Å². The third-order valence-corrected chi connectivity index (χ3v) is 8.44. The molecule has 3 rings (SSSR count). The van der Waals surface area contributed by atoms with Gasteiger partial charge >= 0.3 is 0 Å². The summed E-state index contributed by atoms with van der Waals surface area (Å²) in [6.07, 6.45) is 13.4. The van der Waals surface area contributed by atoms with Crippen LogP contribution in [0.15, 0.2) is 40.5 Å². The van der Waals surface area contributed by atoms with Crippen molar-refractivity contribution >= 4 is 50.3 Å². The number of allylic oxidation sites excluding steroid dienone is 3. The predicted octanol–water partition coefficient (Wildman–Crippen LogP) is 7.84. The van der Waals surface area contributed by atoms with Crippen LogP contribution >= 0.6 is 23.1 Å². The van der Waals surface area contributed by atoms with Crippen molar-refractivity contribution in [1.82, 2.24) is 0 Å². The zero-order valence-corrected chi connectivity index (χ0v) is 25.2. The summed E-state index contributed by atoms with van der Waals surface area (Å²) >= 11 is 3.06. The van der Waals surface area contributed by atoms with Gasteiger partial charge in [0.1, 0.15) is 18.8 Å². The van der Waals surface area contributed by atoms with E-state index in [2.05, 4.69) is 50.6 Å². The van der Waals surface area contributed by atoms with E-state index >= 15 is 0 Å². The summed E-state index contributed by atoms with van der Waals surface area (Å²) in [5.74, 6) is -0.556. The summed E-state index contributed by atoms with van der Waals surface area (Å²) in [6, 6.07) is 3.87. The van der Waals surface area contributed by atoms with Gasteiger partial charge in [-0.2, -0.15) is 0 Å². The Balaban J connectivity index is 0.00000112. The van der Waals surface area contributed by atoms with Gasteiger partial charge in [0.05, 0.1) is 23.3 Å². The Morgan fingerprint density at radius 3 is 2.00 bits per heavy atom. The normalized spacial score (nSPS) is 17.0. The van der Waals surface area contributed by atoms with Gasteiger partial charge in [0.2, 0.25) is 16.6 Å². The maximum atomic E-state index is 13.1. The van der Waals surface area contributed by atoms with Gasteiger partial charge in [-0.25, -0.2) is 4.58 Å². The SMILES string of the molecule is CCCC.CCCCNc1ccc(C2=C(OC)/C(=C3/C=CC(=[N+](CCCC)CCCC)S3)C(=O)C2=O)s1. The summed E-state index contributed by atoms with van der Waals surface area (Å²) < 4.78 is 8.07. The molecule has 0 atom stereocenters. The van der Waals surface area contributed by atoms with Crippen molar-refractivity contribution in [1.29, 1.82) is 0 Å². The molecule has 1 N–H and O–H groups in total. The van der Waals surface area contributed by atoms with Crippen LogP contribution < -0.4 is 5.32 Å². The van der Waals surface area contributed by atoms with E-state index in [1.165, 1.54) is 24.2 Å². The third-order valence-electron chi connectivity index (χ3n) is 6.21. The number of methoxy groups -OCH3 is 1. The second-order valence-electron chi connectivity index (χ2n) is 9.22. The molecule has 204 valence electrons. The lowest BCUT2D eigenvalue weighted by atomic mass is 10.1. The number of nitrogens with zero attached hydrogens (tertiary/aromatic N) is 1. The molecule has 7 heteroatoms. The average Bonchev–Trinajstić information content (AvgIpc) is 3.63. The van der Waals surface area contributed by atoms with Crippen molar-refractivity contribution in [2.75, 3.05) is 32.1 Å². The molecule has 0 amide bonds. The van der Waals surface area contributed by atoms with Gasteiger partial charge in [-0.15, -0.1) is 11.3 Å². The summed E-state index contributed by atoms with van der Waals surface area (Å²) in [5, 5.41) is 5.53. The van der Waals surface area contributed by atoms with E-state index in [0.717, 1.165) is 78.0 Å². The molecule has 0 spiro atoms. The molecule has 37 heavy (non-hydrogen) atoms. The van der Waals surface area contributed by atoms with Crippen LogP contribution in [0, 0.1) is 0 Å². The fourth-order valence-electron chi connectivity index (χ4n) is 3.83. The van der Waals surface area contributed by atoms with Gasteiger partial charge in [-0.05, 0) is 36.4 Å². The lowest BCUT2D eigenvalue weighted by Gasteiger charge is -2.07. The molecule has 0 saturated heterocycles. The Morgan fingerprint density at radius 2 is 1.43 bits per heavy atom. The van der Waals surface area contributed by atoms with Crippen molar-refractivity contribution in [3.8, 4) is 0 Å². The van der Waals surface area contributed by atoms with Crippen LogP contribution in [0.4, 0.5) is 5.00 Å². The standard InChI is InChI=1S/C26H34N2O3S2.C4H10/c1-5-8-15-27-20-13-11-18(32-20)22-24(29)25(30)23(26(22)31-4)19-12-14-21(33-19)28(16-9-6-2)17-10-7-3;1-3-4-2/h11-14H,5-10,15-17H2,1-4H3;3-4H2,1-2H3/p+1. The molecular weight excluding hydrogens is 500 g/mol. The molecule has 0 saturated carbocycles. The highest BCUT2D eigenvalue weighted by Crippen LogP contribution is 2.42. The van der Waals surface area contributed by atoms with Gasteiger partial charge in [-0.1, -0.05) is 66.7 Å². The molecular formula is C30H45N2O3S2+. The van der Waals surface area contributed by atoms with Gasteiger partial charge in [0.15, 0.2) is 0 Å². The van der Waals surface area contributed by atoms with E-state index in [-0.39, 0.29) is 0 Å². The van der Waals surface area contributed by atoms with Crippen LogP contribution in [0.5, 0.6) is 0 Å². The van der Waals surface area contributed by atoms with E-state index < -0.39 is 11.6 Å². The minimum atomic E-state index is -0.479. The molecule has 0 fully saturated rings. The number of anilines is 1. The molecule has 0 aromatic carbocycles. The minimum Gasteiger partial charge on any atom is -0.495 e. The first-order valence-electron chi connectivity index (χ1n) is 13.9. The van der Waals surface area contributed by atoms with Crippen LogP contribution in [-0.2, 0) is 14.3 Å². The molecule has 1 aliphatic carbocycles. The first-order chi connectivity index (χ1) is 18.0. The van der Waals surface area contributed by atoms with Crippen molar-refractivity contribution in [2.24, 2.45) is 0 Å². The number of thioether (sulfide) groups is 1. The van der Waals surface area contributed by atoms with Gasteiger partial charge in [0, 0.05) is 35.2 Å². The summed E-state index contributed by atoms with van der Waals surface area (Å²) in [5.41, 5.74) is 0.781. The molecule has 2 heterocycles. The van der Waals surface area contributed by atoms with E-state index in [1.807, 2.05) is 18.2 Å². The summed E-state index contributed by atoms with van der Waals surface area (Å²) in [7, 11) is 1.54. The number of nitrogens with one attached hydrogen (secondary N) is 1. The van der Waals surface area contributed by atoms with Gasteiger partial charge in [0.25, 0.3) is 0 Å². The fourth-order valence-corrected chi connectivity index (χ4v) is 5.90. The number of hydrogen-bond donors (Lipinski definition) is 1. The smallest absolute Gasteiger partial charge is 0.239 e. The molecule has 1 aliphatic heterocycles. The summed E-state index contributed by atoms with van der Waals surface area (Å²) in [4.78, 5) is 27.7. The molecule has 0 radical (unpaired) electrons. The molecule has 0 bridgehead atoms. The topological polar surface area (TPSA) is 58.4 Å². The molecule has 2 aliphatic rings. The highest BCUT2D eigenvalue weighted by molar-refractivity contribution is 8.18. The first kappa shape index (κ1) is 31.1. The second-order valence-corrected chi connectivity index (χ2v) is 11.4. The Kier molecular flexibility index (Phi) is 14.0. The van der Waals surface area contributed by atoms with E-state index in [0.29, 0.717) is 16.9 Å². The number of thiophene rings is 1. The molecule has 0 unspecified atom stereocenters. The number of ketones is 2. The van der Waals surface area contributed by atoms with Crippen molar-refractivity contribution in [2.45, 2.75) is 86.0 Å². The Labute approximate surface area is 232 Å². The van der Waals surface area contributed by atoms with Crippen LogP contribution in [0.1, 0.15) is 90.9 Å². The molecule has 5 nitrogen and oxygen atoms in total. The van der Waals surface area contributed by atoms with Gasteiger partial charge < -0.3 is 10.1 Å². The Morgan fingerprint density at radius 1 is 0.811 bits per heavy atom. The number of hydrogen-bond acceptors (Lipinski definition) is 6. The number of ether oxygens (including phenoxy) is 1. The monoisotopic (exact) mass is 545 g/mol. The van der Waals surface area contributed by atoms with E-state index in [1.54, 1.807) is 18.9 Å². The quantitative estimate of drug-likeness (QED) is 0.118. The van der Waals surface area contributed by atoms with Crippen molar-refractivity contribution in [3.05, 3.63) is 45.4 Å². The number of rotatable bonds is 13. The highest BCUT2D eigenvalue weighted by Gasteiger charge is 2.41. The van der Waals surface area contributed by atoms with Gasteiger partial charge in [-0.3, -0.25) is 9.59 Å². The van der Waals surface area contributed by atoms with Crippen LogP contribution in [-0.4, -0.2) is 47.9 Å². The van der Waals surface area contributed by atoms with Crippen LogP contribution in [0.3, 0.4) is 0 Å². The highest BCUT2D eigenvalue weighted by atomic mass is 32.2. The Bertz CT molecular complexity index is 1030. The lowest BCUT2D eigenvalue weighted by molar-refractivity contribution is -0.525. The number of unbranched alkanes of at least 4 members (excludes halogenated alkanes) is 4. The number of carbonyl (C=O) groups is 2. The fraction of sp³-hybridized carbons (Fsp3) is 0.567. The first-order valence-corrected chi connectivity index (χ1v) is 15.5. The van der Waals surface area contributed by atoms with Crippen molar-refractivity contribution in [3.63, 3.8) is 0 Å². The van der Waals surface area contributed by atoms with Crippen LogP contribution in [0.2, 0.25) is 0 Å². The maximum absolute atomic E-state index is 13.1. The van der Waals surface area contributed by atoms with Crippen molar-refractivity contribution < 1.29 is 18.9 Å². The molecule has 1 aromatic rings. The average molecular weight is 546 g/mol. The molecule has 1 aromatic heterocycles. The second kappa shape index (κ2) is 16.7. The number of carbonyl (C=O) groups excluding carboxylic acids is 2. The number of Topliss-reactive ketones (excluding diaryl/α,β-unsaturated/α-hetero) is 2. The van der Waals surface area contributed by atoms with Crippen LogP contribution in [0.25, 0.3) is 5.57 Å². The third kappa shape index (κ3) is 8.44. The zero-order valence-electron chi connectivity index (χ0n) is 23.6. The Hall–Kier alpha value is -2.12. The van der Waals surface area contributed by atoms with E-state index in [4.69, 9.17) is 4.74 Å². The summed E-state index contributed by atoms with van der Waals surface area (Å²) in [6.45, 7) is 13.8. The minimum absolute atomic E-state index is 0.384. The largest absolute Gasteiger partial charge is 0.495 e. The maximum Gasteiger partial charge on any atom is 0.239 e. The predicted molar refractivity (Wildman–Crippen MR) is 161 cm³/mol. The zero-order chi connectivity index (χ0) is 27.2.